The summed E-state index contributed by atoms with van der Waals surface area (Å²) in [5.74, 6) is -0.302. The Morgan fingerprint density at radius 2 is 1.45 bits per heavy atom. The summed E-state index contributed by atoms with van der Waals surface area (Å²) in [6.45, 7) is 6.11. The Kier molecular flexibility index (Phi) is 6.01. The number of fused-ring (bicyclic) bond motifs is 1. The monoisotopic (exact) mass is 395 g/mol. The third-order valence-corrected chi connectivity index (χ3v) is 4.39. The van der Waals surface area contributed by atoms with E-state index in [4.69, 9.17) is 0 Å². The molecule has 0 aliphatic heterocycles. The van der Waals surface area contributed by atoms with E-state index in [2.05, 4.69) is 16.0 Å². The Bertz CT molecular complexity index is 1080. The van der Waals surface area contributed by atoms with Gasteiger partial charge in [0.1, 0.15) is 6.54 Å². The SMILES string of the molecule is CCn1c(=O)n(CC(=O)Nc2ccc(NC(=O)NC(C)C)cc2)c2ccccc21. The fraction of sp³-hybridized carbons (Fsp3) is 0.286. The number of hydrogen-bond acceptors (Lipinski definition) is 3. The van der Waals surface area contributed by atoms with E-state index < -0.39 is 0 Å². The largest absolute Gasteiger partial charge is 0.336 e. The molecular formula is C21H25N5O3. The van der Waals surface area contributed by atoms with Crippen molar-refractivity contribution in [3.8, 4) is 0 Å². The number of aryl methyl sites for hydroxylation is 1. The van der Waals surface area contributed by atoms with Gasteiger partial charge >= 0.3 is 11.7 Å². The number of aromatic nitrogens is 2. The van der Waals surface area contributed by atoms with E-state index in [0.717, 1.165) is 11.0 Å². The number of anilines is 2. The fourth-order valence-electron chi connectivity index (χ4n) is 3.14. The molecule has 3 N–H and O–H groups in total. The van der Waals surface area contributed by atoms with Gasteiger partial charge in [0.15, 0.2) is 0 Å². The van der Waals surface area contributed by atoms with Crippen LogP contribution in [-0.2, 0) is 17.9 Å². The van der Waals surface area contributed by atoms with Crippen LogP contribution >= 0.6 is 0 Å². The van der Waals surface area contributed by atoms with Crippen molar-refractivity contribution in [2.24, 2.45) is 0 Å². The van der Waals surface area contributed by atoms with E-state index in [1.165, 1.54) is 4.57 Å². The molecule has 0 spiro atoms. The van der Waals surface area contributed by atoms with Gasteiger partial charge in [-0.05, 0) is 57.2 Å². The maximum atomic E-state index is 12.6. The van der Waals surface area contributed by atoms with E-state index in [1.807, 2.05) is 45.0 Å². The third kappa shape index (κ3) is 4.66. The number of nitrogens with one attached hydrogen (secondary N) is 3. The average molecular weight is 395 g/mol. The van der Waals surface area contributed by atoms with Crippen LogP contribution in [0.25, 0.3) is 11.0 Å². The average Bonchev–Trinajstić information content (AvgIpc) is 2.94. The van der Waals surface area contributed by atoms with Crippen LogP contribution in [-0.4, -0.2) is 27.1 Å². The van der Waals surface area contributed by atoms with Gasteiger partial charge in [-0.15, -0.1) is 0 Å². The topological polar surface area (TPSA) is 97.2 Å². The van der Waals surface area contributed by atoms with E-state index in [-0.39, 0.29) is 30.2 Å². The Labute approximate surface area is 168 Å². The molecule has 0 saturated carbocycles. The molecule has 1 aromatic heterocycles. The molecular weight excluding hydrogens is 370 g/mol. The summed E-state index contributed by atoms with van der Waals surface area (Å²) in [6, 6.07) is 14.0. The molecule has 152 valence electrons. The van der Waals surface area contributed by atoms with Crippen LogP contribution < -0.4 is 21.6 Å². The molecule has 0 fully saturated rings. The quantitative estimate of drug-likeness (QED) is 0.598. The number of benzene rings is 2. The predicted molar refractivity (Wildman–Crippen MR) is 114 cm³/mol. The molecule has 0 aliphatic rings. The number of carbonyl (C=O) groups is 2. The first-order chi connectivity index (χ1) is 13.9. The van der Waals surface area contributed by atoms with E-state index in [1.54, 1.807) is 28.8 Å². The molecule has 0 bridgehead atoms. The van der Waals surface area contributed by atoms with Crippen LogP contribution in [0.15, 0.2) is 53.3 Å². The predicted octanol–water partition coefficient (Wildman–Crippen LogP) is 2.99. The smallest absolute Gasteiger partial charge is 0.329 e. The minimum Gasteiger partial charge on any atom is -0.336 e. The lowest BCUT2D eigenvalue weighted by molar-refractivity contribution is -0.116. The number of imidazole rings is 1. The lowest BCUT2D eigenvalue weighted by Crippen LogP contribution is -2.34. The highest BCUT2D eigenvalue weighted by atomic mass is 16.2. The minimum atomic E-state index is -0.302. The van der Waals surface area contributed by atoms with E-state index in [9.17, 15) is 14.4 Å². The Morgan fingerprint density at radius 3 is 2.00 bits per heavy atom. The summed E-state index contributed by atoms with van der Waals surface area (Å²) in [6.07, 6.45) is 0. The molecule has 2 aromatic carbocycles. The molecule has 1 heterocycles. The molecule has 0 aliphatic carbocycles. The van der Waals surface area contributed by atoms with Crippen molar-refractivity contribution in [1.29, 1.82) is 0 Å². The summed E-state index contributed by atoms with van der Waals surface area (Å²) >= 11 is 0. The van der Waals surface area contributed by atoms with Crippen LogP contribution in [0.1, 0.15) is 20.8 Å². The molecule has 3 rings (SSSR count). The normalized spacial score (nSPS) is 10.9. The number of urea groups is 1. The van der Waals surface area contributed by atoms with E-state index >= 15 is 0 Å². The Morgan fingerprint density at radius 1 is 0.897 bits per heavy atom. The van der Waals surface area contributed by atoms with Gasteiger partial charge in [-0.1, -0.05) is 12.1 Å². The van der Waals surface area contributed by atoms with Gasteiger partial charge < -0.3 is 16.0 Å². The maximum absolute atomic E-state index is 12.6. The summed E-state index contributed by atoms with van der Waals surface area (Å²) in [5, 5.41) is 8.24. The number of para-hydroxylation sites is 2. The Balaban J connectivity index is 1.69. The molecule has 0 radical (unpaired) electrons. The maximum Gasteiger partial charge on any atom is 0.329 e. The molecule has 29 heavy (non-hydrogen) atoms. The van der Waals surface area contributed by atoms with Gasteiger partial charge in [-0.2, -0.15) is 0 Å². The zero-order chi connectivity index (χ0) is 21.0. The van der Waals surface area contributed by atoms with Gasteiger partial charge in [-0.3, -0.25) is 13.9 Å². The van der Waals surface area contributed by atoms with Crippen molar-refractivity contribution >= 4 is 34.3 Å². The highest BCUT2D eigenvalue weighted by Crippen LogP contribution is 2.15. The molecule has 3 amide bonds. The van der Waals surface area contributed by atoms with Crippen molar-refractivity contribution in [3.63, 3.8) is 0 Å². The van der Waals surface area contributed by atoms with Crippen molar-refractivity contribution in [1.82, 2.24) is 14.5 Å². The van der Waals surface area contributed by atoms with Gasteiger partial charge in [0, 0.05) is 24.0 Å². The number of hydrogen-bond donors (Lipinski definition) is 3. The molecule has 3 aromatic rings. The van der Waals surface area contributed by atoms with Crippen molar-refractivity contribution in [2.45, 2.75) is 39.9 Å². The van der Waals surface area contributed by atoms with Crippen LogP contribution in [0.5, 0.6) is 0 Å². The first-order valence-corrected chi connectivity index (χ1v) is 9.54. The van der Waals surface area contributed by atoms with Crippen molar-refractivity contribution in [3.05, 3.63) is 59.0 Å². The second kappa shape index (κ2) is 8.64. The Hall–Kier alpha value is -3.55. The summed E-state index contributed by atoms with van der Waals surface area (Å²) in [5.41, 5.74) is 2.52. The second-order valence-electron chi connectivity index (χ2n) is 6.98. The number of rotatable bonds is 6. The summed E-state index contributed by atoms with van der Waals surface area (Å²) < 4.78 is 3.12. The summed E-state index contributed by atoms with van der Waals surface area (Å²) in [7, 11) is 0. The molecule has 8 heteroatoms. The lowest BCUT2D eigenvalue weighted by atomic mass is 10.2. The molecule has 0 saturated heterocycles. The zero-order valence-electron chi connectivity index (χ0n) is 16.7. The van der Waals surface area contributed by atoms with Crippen LogP contribution in [0.4, 0.5) is 16.2 Å². The van der Waals surface area contributed by atoms with E-state index in [0.29, 0.717) is 17.9 Å². The number of amides is 3. The first kappa shape index (κ1) is 20.2. The van der Waals surface area contributed by atoms with Gasteiger partial charge in [0.2, 0.25) is 5.91 Å². The standard InChI is InChI=1S/C21H25N5O3/c1-4-25-17-7-5-6-8-18(17)26(21(25)29)13-19(27)23-15-9-11-16(12-10-15)24-20(28)22-14(2)3/h5-12,14H,4,13H2,1-3H3,(H,23,27)(H2,22,24,28). The second-order valence-corrected chi connectivity index (χ2v) is 6.98. The van der Waals surface area contributed by atoms with Crippen molar-refractivity contribution in [2.75, 3.05) is 10.6 Å². The highest BCUT2D eigenvalue weighted by molar-refractivity contribution is 5.93. The molecule has 8 nitrogen and oxygen atoms in total. The third-order valence-electron chi connectivity index (χ3n) is 4.39. The molecule has 0 atom stereocenters. The van der Waals surface area contributed by atoms with Crippen LogP contribution in [0, 0.1) is 0 Å². The van der Waals surface area contributed by atoms with Gasteiger partial charge in [0.25, 0.3) is 0 Å². The number of nitrogens with zero attached hydrogens (tertiary/aromatic N) is 2. The molecule has 0 unspecified atom stereocenters. The minimum absolute atomic E-state index is 0.0376. The zero-order valence-corrected chi connectivity index (χ0v) is 16.7. The fourth-order valence-corrected chi connectivity index (χ4v) is 3.14. The highest BCUT2D eigenvalue weighted by Gasteiger charge is 2.14. The van der Waals surface area contributed by atoms with Gasteiger partial charge in [0.05, 0.1) is 11.0 Å². The summed E-state index contributed by atoms with van der Waals surface area (Å²) in [4.78, 5) is 36.9. The number of carbonyl (C=O) groups excluding carboxylic acids is 2. The van der Waals surface area contributed by atoms with Crippen molar-refractivity contribution < 1.29 is 9.59 Å². The first-order valence-electron chi connectivity index (χ1n) is 9.54. The van der Waals surface area contributed by atoms with Gasteiger partial charge in [-0.25, -0.2) is 9.59 Å². The van der Waals surface area contributed by atoms with Crippen LogP contribution in [0.2, 0.25) is 0 Å². The lowest BCUT2D eigenvalue weighted by Gasteiger charge is -2.11. The van der Waals surface area contributed by atoms with Crippen LogP contribution in [0.3, 0.4) is 0 Å².